The van der Waals surface area contributed by atoms with Gasteiger partial charge in [0.15, 0.2) is 0 Å². The molecule has 0 aromatic heterocycles. The molecule has 0 saturated carbocycles. The molecule has 0 aliphatic rings. The summed E-state index contributed by atoms with van der Waals surface area (Å²) >= 11 is 5.82. The van der Waals surface area contributed by atoms with Gasteiger partial charge in [-0.3, -0.25) is 0 Å². The zero-order chi connectivity index (χ0) is 13.7. The predicted octanol–water partition coefficient (Wildman–Crippen LogP) is 3.70. The van der Waals surface area contributed by atoms with Crippen LogP contribution in [0.15, 0.2) is 48.5 Å². The van der Waals surface area contributed by atoms with Gasteiger partial charge in [-0.15, -0.1) is 0 Å². The highest BCUT2D eigenvalue weighted by molar-refractivity contribution is 6.30. The van der Waals surface area contributed by atoms with E-state index in [1.54, 1.807) is 12.1 Å². The Morgan fingerprint density at radius 3 is 2.26 bits per heavy atom. The highest BCUT2D eigenvalue weighted by Crippen LogP contribution is 2.19. The van der Waals surface area contributed by atoms with E-state index >= 15 is 0 Å². The summed E-state index contributed by atoms with van der Waals surface area (Å²) < 4.78 is 18.6. The molecule has 19 heavy (non-hydrogen) atoms. The van der Waals surface area contributed by atoms with E-state index in [-0.39, 0.29) is 11.9 Å². The van der Waals surface area contributed by atoms with Crippen molar-refractivity contribution in [1.29, 1.82) is 0 Å². The first-order valence-electron chi connectivity index (χ1n) is 6.00. The van der Waals surface area contributed by atoms with E-state index in [9.17, 15) is 4.39 Å². The Labute approximate surface area is 117 Å². The molecule has 0 fully saturated rings. The van der Waals surface area contributed by atoms with Crippen LogP contribution < -0.4 is 5.73 Å². The molecule has 2 aromatic rings. The van der Waals surface area contributed by atoms with Crippen LogP contribution in [0.3, 0.4) is 0 Å². The van der Waals surface area contributed by atoms with Crippen LogP contribution in [-0.4, -0.2) is 6.54 Å². The molecule has 0 amide bonds. The molecular weight excluding hydrogens is 265 g/mol. The number of benzene rings is 2. The van der Waals surface area contributed by atoms with Crippen LogP contribution in [0.1, 0.15) is 17.2 Å². The molecule has 2 N–H and O–H groups in total. The van der Waals surface area contributed by atoms with Crippen molar-refractivity contribution >= 4 is 11.6 Å². The number of rotatable bonds is 5. The summed E-state index contributed by atoms with van der Waals surface area (Å²) in [6.07, 6.45) is -0.240. The third-order valence-corrected chi connectivity index (χ3v) is 3.07. The van der Waals surface area contributed by atoms with Crippen molar-refractivity contribution in [2.24, 2.45) is 5.73 Å². The SMILES string of the molecule is NCC(OCc1ccc(Cl)cc1)c1ccc(F)cc1. The van der Waals surface area contributed by atoms with Gasteiger partial charge in [-0.05, 0) is 35.4 Å². The van der Waals surface area contributed by atoms with E-state index in [0.29, 0.717) is 18.2 Å². The van der Waals surface area contributed by atoms with Gasteiger partial charge in [0.1, 0.15) is 5.82 Å². The third kappa shape index (κ3) is 4.03. The average molecular weight is 280 g/mol. The molecule has 0 aliphatic heterocycles. The molecule has 0 spiro atoms. The van der Waals surface area contributed by atoms with Crippen LogP contribution in [0.4, 0.5) is 4.39 Å². The minimum absolute atomic E-state index is 0.240. The molecule has 4 heteroatoms. The fraction of sp³-hybridized carbons (Fsp3) is 0.200. The van der Waals surface area contributed by atoms with E-state index in [1.165, 1.54) is 12.1 Å². The first-order chi connectivity index (χ1) is 9.19. The van der Waals surface area contributed by atoms with Gasteiger partial charge in [0.05, 0.1) is 12.7 Å². The van der Waals surface area contributed by atoms with Gasteiger partial charge in [0.2, 0.25) is 0 Å². The van der Waals surface area contributed by atoms with Gasteiger partial charge in [-0.1, -0.05) is 35.9 Å². The van der Waals surface area contributed by atoms with Crippen LogP contribution in [0.25, 0.3) is 0 Å². The summed E-state index contributed by atoms with van der Waals surface area (Å²) in [7, 11) is 0. The molecule has 2 rings (SSSR count). The smallest absolute Gasteiger partial charge is 0.123 e. The second kappa shape index (κ2) is 6.66. The number of ether oxygens (including phenoxy) is 1. The number of hydrogen-bond donors (Lipinski definition) is 1. The van der Waals surface area contributed by atoms with Gasteiger partial charge >= 0.3 is 0 Å². The van der Waals surface area contributed by atoms with E-state index in [0.717, 1.165) is 11.1 Å². The minimum atomic E-state index is -0.266. The minimum Gasteiger partial charge on any atom is -0.368 e. The monoisotopic (exact) mass is 279 g/mol. The predicted molar refractivity (Wildman–Crippen MR) is 74.4 cm³/mol. The molecule has 1 unspecified atom stereocenters. The second-order valence-corrected chi connectivity index (χ2v) is 4.65. The summed E-state index contributed by atoms with van der Waals surface area (Å²) in [5, 5.41) is 0.692. The van der Waals surface area contributed by atoms with E-state index < -0.39 is 0 Å². The Morgan fingerprint density at radius 1 is 1.05 bits per heavy atom. The first kappa shape index (κ1) is 14.0. The maximum Gasteiger partial charge on any atom is 0.123 e. The van der Waals surface area contributed by atoms with Crippen LogP contribution >= 0.6 is 11.6 Å². The zero-order valence-electron chi connectivity index (χ0n) is 10.4. The van der Waals surface area contributed by atoms with Crippen molar-refractivity contribution in [3.8, 4) is 0 Å². The lowest BCUT2D eigenvalue weighted by atomic mass is 10.1. The van der Waals surface area contributed by atoms with Gasteiger partial charge < -0.3 is 10.5 Å². The zero-order valence-corrected chi connectivity index (χ0v) is 11.1. The van der Waals surface area contributed by atoms with Gasteiger partial charge in [0, 0.05) is 11.6 Å². The van der Waals surface area contributed by atoms with E-state index in [2.05, 4.69) is 0 Å². The van der Waals surface area contributed by atoms with Gasteiger partial charge in [-0.2, -0.15) is 0 Å². The number of nitrogens with two attached hydrogens (primary N) is 1. The Bertz CT molecular complexity index is 513. The maximum atomic E-state index is 12.9. The molecule has 0 radical (unpaired) electrons. The van der Waals surface area contributed by atoms with Crippen LogP contribution in [-0.2, 0) is 11.3 Å². The summed E-state index contributed by atoms with van der Waals surface area (Å²) in [4.78, 5) is 0. The molecule has 0 saturated heterocycles. The normalized spacial score (nSPS) is 12.4. The summed E-state index contributed by atoms with van der Waals surface area (Å²) in [6.45, 7) is 0.787. The summed E-state index contributed by atoms with van der Waals surface area (Å²) in [6, 6.07) is 13.6. The summed E-state index contributed by atoms with van der Waals surface area (Å²) in [5.74, 6) is -0.266. The molecule has 0 heterocycles. The van der Waals surface area contributed by atoms with Crippen molar-refractivity contribution in [3.05, 3.63) is 70.5 Å². The Morgan fingerprint density at radius 2 is 1.68 bits per heavy atom. The Kier molecular flexibility index (Phi) is 4.91. The molecule has 2 nitrogen and oxygen atoms in total. The summed E-state index contributed by atoms with van der Waals surface area (Å²) in [5.41, 5.74) is 7.58. The topological polar surface area (TPSA) is 35.2 Å². The van der Waals surface area contributed by atoms with Crippen molar-refractivity contribution in [3.63, 3.8) is 0 Å². The van der Waals surface area contributed by atoms with Crippen molar-refractivity contribution in [2.45, 2.75) is 12.7 Å². The standard InChI is InChI=1S/C15H15ClFNO/c16-13-5-1-11(2-6-13)10-19-15(9-18)12-3-7-14(17)8-4-12/h1-8,15H,9-10,18H2. The molecule has 0 aliphatic carbocycles. The van der Waals surface area contributed by atoms with Crippen LogP contribution in [0.2, 0.25) is 5.02 Å². The lowest BCUT2D eigenvalue weighted by Crippen LogP contribution is -2.15. The van der Waals surface area contributed by atoms with Gasteiger partial charge in [0.25, 0.3) is 0 Å². The first-order valence-corrected chi connectivity index (χ1v) is 6.38. The van der Waals surface area contributed by atoms with Crippen molar-refractivity contribution < 1.29 is 9.13 Å². The second-order valence-electron chi connectivity index (χ2n) is 4.21. The Hall–Kier alpha value is -1.42. The molecule has 1 atom stereocenters. The largest absolute Gasteiger partial charge is 0.368 e. The molecule has 2 aromatic carbocycles. The highest BCUT2D eigenvalue weighted by atomic mass is 35.5. The van der Waals surface area contributed by atoms with Crippen LogP contribution in [0, 0.1) is 5.82 Å². The molecule has 100 valence electrons. The maximum absolute atomic E-state index is 12.9. The van der Waals surface area contributed by atoms with Crippen molar-refractivity contribution in [1.82, 2.24) is 0 Å². The quantitative estimate of drug-likeness (QED) is 0.906. The number of hydrogen-bond acceptors (Lipinski definition) is 2. The highest BCUT2D eigenvalue weighted by Gasteiger charge is 2.10. The fourth-order valence-corrected chi connectivity index (χ4v) is 1.88. The van der Waals surface area contributed by atoms with Gasteiger partial charge in [-0.25, -0.2) is 4.39 Å². The lowest BCUT2D eigenvalue weighted by Gasteiger charge is -2.16. The molecule has 0 bridgehead atoms. The molecular formula is C15H15ClFNO. The van der Waals surface area contributed by atoms with Crippen LogP contribution in [0.5, 0.6) is 0 Å². The van der Waals surface area contributed by atoms with E-state index in [1.807, 2.05) is 24.3 Å². The average Bonchev–Trinajstić information content (AvgIpc) is 2.43. The fourth-order valence-electron chi connectivity index (χ4n) is 1.76. The number of halogens is 2. The van der Waals surface area contributed by atoms with E-state index in [4.69, 9.17) is 22.1 Å². The third-order valence-electron chi connectivity index (χ3n) is 2.82. The van der Waals surface area contributed by atoms with Crippen molar-refractivity contribution in [2.75, 3.05) is 6.54 Å². The Balaban J connectivity index is 1.99. The lowest BCUT2D eigenvalue weighted by molar-refractivity contribution is 0.0456.